The van der Waals surface area contributed by atoms with Crippen molar-refractivity contribution < 1.29 is 8.42 Å². The summed E-state index contributed by atoms with van der Waals surface area (Å²) >= 11 is 11.8. The fourth-order valence-electron chi connectivity index (χ4n) is 2.61. The van der Waals surface area contributed by atoms with Crippen molar-refractivity contribution in [2.24, 2.45) is 5.92 Å². The molecule has 1 atom stereocenters. The van der Waals surface area contributed by atoms with Gasteiger partial charge >= 0.3 is 0 Å². The summed E-state index contributed by atoms with van der Waals surface area (Å²) in [5, 5.41) is 0.780. The van der Waals surface area contributed by atoms with E-state index in [0.29, 0.717) is 21.5 Å². The van der Waals surface area contributed by atoms with E-state index in [-0.39, 0.29) is 11.8 Å². The van der Waals surface area contributed by atoms with Gasteiger partial charge in [0.05, 0.1) is 15.8 Å². The molecule has 1 N–H and O–H groups in total. The van der Waals surface area contributed by atoms with Crippen molar-refractivity contribution in [2.45, 2.75) is 24.6 Å². The van der Waals surface area contributed by atoms with Crippen LogP contribution >= 0.6 is 23.2 Å². The van der Waals surface area contributed by atoms with Gasteiger partial charge in [-0.2, -0.15) is 0 Å². The van der Waals surface area contributed by atoms with E-state index in [2.05, 4.69) is 4.72 Å². The highest BCUT2D eigenvalue weighted by Crippen LogP contribution is 2.41. The molecule has 0 aliphatic heterocycles. The summed E-state index contributed by atoms with van der Waals surface area (Å²) in [4.78, 5) is 0. The number of sulfonamides is 1. The summed E-state index contributed by atoms with van der Waals surface area (Å²) < 4.78 is 27.9. The summed E-state index contributed by atoms with van der Waals surface area (Å²) in [5.74, 6) is 0.265. The molecular weight excluding hydrogens is 353 g/mol. The minimum atomic E-state index is -3.47. The number of hydrogen-bond acceptors (Lipinski definition) is 2. The Morgan fingerprint density at radius 2 is 1.74 bits per heavy atom. The minimum absolute atomic E-state index is 0.111. The molecule has 1 unspecified atom stereocenters. The number of halogens is 2. The first-order chi connectivity index (χ1) is 10.9. The van der Waals surface area contributed by atoms with E-state index in [1.807, 2.05) is 30.3 Å². The number of benzene rings is 2. The lowest BCUT2D eigenvalue weighted by Gasteiger charge is -2.19. The molecule has 2 aromatic rings. The SMILES string of the molecule is O=S(=O)(Cc1ccc(Cl)c(Cl)c1)NC(c1ccccc1)C1CC1. The second kappa shape index (κ2) is 6.81. The number of nitrogens with one attached hydrogen (secondary N) is 1. The van der Waals surface area contributed by atoms with Crippen molar-refractivity contribution in [3.05, 3.63) is 69.7 Å². The van der Waals surface area contributed by atoms with Crippen molar-refractivity contribution in [1.29, 1.82) is 0 Å². The normalized spacial score (nSPS) is 16.3. The van der Waals surface area contributed by atoms with Gasteiger partial charge in [-0.15, -0.1) is 0 Å². The monoisotopic (exact) mass is 369 g/mol. The van der Waals surface area contributed by atoms with Gasteiger partial charge in [-0.3, -0.25) is 0 Å². The van der Waals surface area contributed by atoms with Crippen molar-refractivity contribution in [2.75, 3.05) is 0 Å². The maximum atomic E-state index is 12.5. The zero-order valence-corrected chi connectivity index (χ0v) is 14.7. The lowest BCUT2D eigenvalue weighted by atomic mass is 10.0. The molecule has 2 aromatic carbocycles. The molecule has 0 spiro atoms. The van der Waals surface area contributed by atoms with Crippen LogP contribution in [-0.2, 0) is 15.8 Å². The summed E-state index contributed by atoms with van der Waals surface area (Å²) in [7, 11) is -3.47. The highest BCUT2D eigenvalue weighted by atomic mass is 35.5. The smallest absolute Gasteiger partial charge is 0.212 e. The molecule has 122 valence electrons. The van der Waals surface area contributed by atoms with E-state index >= 15 is 0 Å². The fourth-order valence-corrected chi connectivity index (χ4v) is 4.35. The van der Waals surface area contributed by atoms with Crippen LogP contribution in [0.25, 0.3) is 0 Å². The van der Waals surface area contributed by atoms with Crippen molar-refractivity contribution >= 4 is 33.2 Å². The predicted octanol–water partition coefficient (Wildman–Crippen LogP) is 4.56. The van der Waals surface area contributed by atoms with Crippen LogP contribution in [0.1, 0.15) is 30.0 Å². The van der Waals surface area contributed by atoms with Gasteiger partial charge in [0.15, 0.2) is 0 Å². The molecule has 0 amide bonds. The maximum absolute atomic E-state index is 12.5. The topological polar surface area (TPSA) is 46.2 Å². The third-order valence-electron chi connectivity index (χ3n) is 3.90. The molecular formula is C17H17Cl2NO2S. The molecule has 6 heteroatoms. The Kier molecular flexibility index (Phi) is 4.97. The van der Waals surface area contributed by atoms with Gasteiger partial charge in [-0.05, 0) is 42.0 Å². The second-order valence-electron chi connectivity index (χ2n) is 5.85. The van der Waals surface area contributed by atoms with Gasteiger partial charge in [0.2, 0.25) is 10.0 Å². The Morgan fingerprint density at radius 1 is 1.04 bits per heavy atom. The predicted molar refractivity (Wildman–Crippen MR) is 94.1 cm³/mol. The standard InChI is InChI=1S/C17H17Cl2NO2S/c18-15-9-6-12(10-16(15)19)11-23(21,22)20-17(14-7-8-14)13-4-2-1-3-5-13/h1-6,9-10,14,17,20H,7-8,11H2. The van der Waals surface area contributed by atoms with Crippen LogP contribution in [0.5, 0.6) is 0 Å². The summed E-state index contributed by atoms with van der Waals surface area (Å²) in [6.07, 6.45) is 2.10. The van der Waals surface area contributed by atoms with Crippen molar-refractivity contribution in [3.8, 4) is 0 Å². The zero-order valence-electron chi connectivity index (χ0n) is 12.4. The molecule has 23 heavy (non-hydrogen) atoms. The molecule has 0 heterocycles. The largest absolute Gasteiger partial charge is 0.216 e. The van der Waals surface area contributed by atoms with Gasteiger partial charge in [0, 0.05) is 6.04 Å². The van der Waals surface area contributed by atoms with Crippen molar-refractivity contribution in [3.63, 3.8) is 0 Å². The summed E-state index contributed by atoms with van der Waals surface area (Å²) in [6.45, 7) is 0. The summed E-state index contributed by atoms with van der Waals surface area (Å²) in [5.41, 5.74) is 1.63. The van der Waals surface area contributed by atoms with Gasteiger partial charge in [-0.25, -0.2) is 13.1 Å². The molecule has 1 saturated carbocycles. The van der Waals surface area contributed by atoms with E-state index < -0.39 is 10.0 Å². The van der Waals surface area contributed by atoms with Crippen molar-refractivity contribution in [1.82, 2.24) is 4.72 Å². The molecule has 3 nitrogen and oxygen atoms in total. The van der Waals surface area contributed by atoms with Crippen LogP contribution in [0, 0.1) is 5.92 Å². The van der Waals surface area contributed by atoms with Gasteiger partial charge in [0.1, 0.15) is 0 Å². The first-order valence-electron chi connectivity index (χ1n) is 7.43. The Labute approximate surface area is 146 Å². The third kappa shape index (κ3) is 4.48. The van der Waals surface area contributed by atoms with Gasteiger partial charge in [0.25, 0.3) is 0 Å². The van der Waals surface area contributed by atoms with Gasteiger partial charge < -0.3 is 0 Å². The van der Waals surface area contributed by atoms with E-state index in [1.54, 1.807) is 18.2 Å². The Bertz CT molecular complexity index is 789. The molecule has 1 fully saturated rings. The average Bonchev–Trinajstić information content (AvgIpc) is 3.34. The Morgan fingerprint density at radius 3 is 2.35 bits per heavy atom. The van der Waals surface area contributed by atoms with Crippen LogP contribution in [-0.4, -0.2) is 8.42 Å². The quantitative estimate of drug-likeness (QED) is 0.810. The van der Waals surface area contributed by atoms with Crippen LogP contribution < -0.4 is 4.72 Å². The zero-order chi connectivity index (χ0) is 16.4. The van der Waals surface area contributed by atoms with Crippen LogP contribution in [0.4, 0.5) is 0 Å². The minimum Gasteiger partial charge on any atom is -0.212 e. The van der Waals surface area contributed by atoms with E-state index in [1.165, 1.54) is 0 Å². The first kappa shape index (κ1) is 16.8. The van der Waals surface area contributed by atoms with Gasteiger partial charge in [-0.1, -0.05) is 59.6 Å². The summed E-state index contributed by atoms with van der Waals surface area (Å²) in [6, 6.07) is 14.4. The maximum Gasteiger partial charge on any atom is 0.216 e. The van der Waals surface area contributed by atoms with E-state index in [4.69, 9.17) is 23.2 Å². The van der Waals surface area contributed by atoms with E-state index in [0.717, 1.165) is 18.4 Å². The molecule has 0 radical (unpaired) electrons. The molecule has 0 aromatic heterocycles. The lowest BCUT2D eigenvalue weighted by molar-refractivity contribution is 0.528. The third-order valence-corrected chi connectivity index (χ3v) is 5.96. The van der Waals surface area contributed by atoms with Crippen LogP contribution in [0.3, 0.4) is 0 Å². The fraction of sp³-hybridized carbons (Fsp3) is 0.294. The Hall–Kier alpha value is -1.07. The lowest BCUT2D eigenvalue weighted by Crippen LogP contribution is -2.31. The van der Waals surface area contributed by atoms with Crippen LogP contribution in [0.2, 0.25) is 10.0 Å². The highest BCUT2D eigenvalue weighted by molar-refractivity contribution is 7.88. The highest BCUT2D eigenvalue weighted by Gasteiger charge is 2.34. The molecule has 1 aliphatic carbocycles. The Balaban J connectivity index is 1.77. The molecule has 1 aliphatic rings. The number of hydrogen-bond donors (Lipinski definition) is 1. The number of rotatable bonds is 6. The first-order valence-corrected chi connectivity index (χ1v) is 9.84. The molecule has 3 rings (SSSR count). The van der Waals surface area contributed by atoms with Crippen LogP contribution in [0.15, 0.2) is 48.5 Å². The molecule has 0 bridgehead atoms. The van der Waals surface area contributed by atoms with E-state index in [9.17, 15) is 8.42 Å². The molecule has 0 saturated heterocycles. The average molecular weight is 370 g/mol. The second-order valence-corrected chi connectivity index (χ2v) is 8.42.